The molecule has 0 saturated heterocycles. The van der Waals surface area contributed by atoms with Crippen LogP contribution in [0.5, 0.6) is 11.5 Å². The van der Waals surface area contributed by atoms with Gasteiger partial charge >= 0.3 is 0 Å². The summed E-state index contributed by atoms with van der Waals surface area (Å²) in [5, 5.41) is 8.95. The number of aromatic nitrogens is 1. The fourth-order valence-corrected chi connectivity index (χ4v) is 2.38. The van der Waals surface area contributed by atoms with Gasteiger partial charge in [0.2, 0.25) is 0 Å². The molecule has 1 aromatic rings. The Morgan fingerprint density at radius 3 is 2.67 bits per heavy atom. The molecule has 1 heterocycles. The molecule has 96 valence electrons. The van der Waals surface area contributed by atoms with E-state index in [0.717, 1.165) is 24.2 Å². The van der Waals surface area contributed by atoms with Crippen molar-refractivity contribution in [1.29, 1.82) is 5.26 Å². The molecule has 0 atom stereocenters. The zero-order valence-electron chi connectivity index (χ0n) is 10.9. The highest BCUT2D eigenvalue weighted by Crippen LogP contribution is 2.31. The first-order chi connectivity index (χ1) is 8.76. The van der Waals surface area contributed by atoms with E-state index in [1.165, 1.54) is 19.3 Å². The lowest BCUT2D eigenvalue weighted by molar-refractivity contribution is 0.153. The third kappa shape index (κ3) is 2.56. The van der Waals surface area contributed by atoms with Gasteiger partial charge < -0.3 is 9.47 Å². The number of pyridine rings is 1. The average molecular weight is 246 g/mol. The van der Waals surface area contributed by atoms with E-state index in [1.807, 2.05) is 13.0 Å². The maximum Gasteiger partial charge on any atom is 0.183 e. The second-order valence-corrected chi connectivity index (χ2v) is 4.62. The molecule has 0 N–H and O–H groups in total. The number of ether oxygens (including phenoxy) is 2. The third-order valence-electron chi connectivity index (χ3n) is 3.39. The number of methoxy groups -OCH3 is 1. The smallest absolute Gasteiger partial charge is 0.183 e. The first-order valence-electron chi connectivity index (χ1n) is 6.36. The molecule has 1 fully saturated rings. The van der Waals surface area contributed by atoms with Crippen LogP contribution in [0.1, 0.15) is 43.4 Å². The SMILES string of the molecule is COc1c(C#N)ncc(OC2CCCCC2)c1C. The number of nitriles is 1. The largest absolute Gasteiger partial charge is 0.493 e. The van der Waals surface area contributed by atoms with E-state index < -0.39 is 0 Å². The molecule has 1 aromatic heterocycles. The number of hydrogen-bond acceptors (Lipinski definition) is 4. The molecule has 0 radical (unpaired) electrons. The van der Waals surface area contributed by atoms with E-state index in [-0.39, 0.29) is 6.10 Å². The van der Waals surface area contributed by atoms with Crippen molar-refractivity contribution >= 4 is 0 Å². The maximum atomic E-state index is 8.95. The van der Waals surface area contributed by atoms with Crippen LogP contribution in [0.2, 0.25) is 0 Å². The Morgan fingerprint density at radius 1 is 1.33 bits per heavy atom. The van der Waals surface area contributed by atoms with Crippen LogP contribution in [0.25, 0.3) is 0 Å². The third-order valence-corrected chi connectivity index (χ3v) is 3.39. The Kier molecular flexibility index (Phi) is 4.03. The van der Waals surface area contributed by atoms with Crippen LogP contribution in [-0.4, -0.2) is 18.2 Å². The van der Waals surface area contributed by atoms with Crippen LogP contribution in [-0.2, 0) is 0 Å². The van der Waals surface area contributed by atoms with Crippen LogP contribution in [0.3, 0.4) is 0 Å². The van der Waals surface area contributed by atoms with Gasteiger partial charge in [0.25, 0.3) is 0 Å². The minimum atomic E-state index is 0.275. The van der Waals surface area contributed by atoms with Crippen molar-refractivity contribution in [3.8, 4) is 17.6 Å². The first-order valence-corrected chi connectivity index (χ1v) is 6.36. The van der Waals surface area contributed by atoms with Crippen molar-refractivity contribution in [2.75, 3.05) is 7.11 Å². The summed E-state index contributed by atoms with van der Waals surface area (Å²) < 4.78 is 11.2. The molecule has 1 aliphatic carbocycles. The summed E-state index contributed by atoms with van der Waals surface area (Å²) >= 11 is 0. The lowest BCUT2D eigenvalue weighted by atomic mass is 9.98. The predicted molar refractivity (Wildman–Crippen MR) is 67.7 cm³/mol. The highest BCUT2D eigenvalue weighted by atomic mass is 16.5. The summed E-state index contributed by atoms with van der Waals surface area (Å²) in [4.78, 5) is 4.08. The van der Waals surface area contributed by atoms with E-state index >= 15 is 0 Å². The molecule has 0 aliphatic heterocycles. The molecule has 0 amide bonds. The van der Waals surface area contributed by atoms with Gasteiger partial charge in [0.15, 0.2) is 11.4 Å². The summed E-state index contributed by atoms with van der Waals surface area (Å²) in [6, 6.07) is 2.03. The molecule has 2 rings (SSSR count). The van der Waals surface area contributed by atoms with E-state index in [1.54, 1.807) is 13.3 Å². The highest BCUT2D eigenvalue weighted by molar-refractivity contribution is 5.49. The van der Waals surface area contributed by atoms with Gasteiger partial charge in [-0.15, -0.1) is 0 Å². The second-order valence-electron chi connectivity index (χ2n) is 4.62. The van der Waals surface area contributed by atoms with E-state index in [0.29, 0.717) is 11.4 Å². The number of rotatable bonds is 3. The van der Waals surface area contributed by atoms with E-state index in [4.69, 9.17) is 14.7 Å². The van der Waals surface area contributed by atoms with Gasteiger partial charge in [-0.3, -0.25) is 0 Å². The number of nitrogens with zero attached hydrogens (tertiary/aromatic N) is 2. The average Bonchev–Trinajstić information content (AvgIpc) is 2.42. The van der Waals surface area contributed by atoms with Crippen LogP contribution in [0.4, 0.5) is 0 Å². The molecule has 0 spiro atoms. The van der Waals surface area contributed by atoms with Crippen LogP contribution >= 0.6 is 0 Å². The normalized spacial score (nSPS) is 16.1. The first kappa shape index (κ1) is 12.7. The Bertz CT molecular complexity index is 460. The number of hydrogen-bond donors (Lipinski definition) is 0. The molecule has 1 aliphatic rings. The minimum Gasteiger partial charge on any atom is -0.493 e. The molecular formula is C14H18N2O2. The van der Waals surface area contributed by atoms with Crippen LogP contribution in [0.15, 0.2) is 6.20 Å². The molecule has 0 bridgehead atoms. The van der Waals surface area contributed by atoms with Crippen molar-refractivity contribution in [2.24, 2.45) is 0 Å². The van der Waals surface area contributed by atoms with Gasteiger partial charge in [0.1, 0.15) is 11.8 Å². The van der Waals surface area contributed by atoms with Gasteiger partial charge in [0, 0.05) is 5.56 Å². The zero-order chi connectivity index (χ0) is 13.0. The molecule has 0 unspecified atom stereocenters. The fourth-order valence-electron chi connectivity index (χ4n) is 2.38. The van der Waals surface area contributed by atoms with E-state index in [9.17, 15) is 0 Å². The molecule has 0 aromatic carbocycles. The van der Waals surface area contributed by atoms with Gasteiger partial charge in [-0.25, -0.2) is 4.98 Å². The van der Waals surface area contributed by atoms with Crippen LogP contribution < -0.4 is 9.47 Å². The molecule has 4 nitrogen and oxygen atoms in total. The van der Waals surface area contributed by atoms with Gasteiger partial charge in [-0.2, -0.15) is 5.26 Å². The summed E-state index contributed by atoms with van der Waals surface area (Å²) in [6.07, 6.45) is 7.86. The Balaban J connectivity index is 2.20. The molecule has 4 heteroatoms. The van der Waals surface area contributed by atoms with Gasteiger partial charge in [-0.05, 0) is 32.6 Å². The van der Waals surface area contributed by atoms with E-state index in [2.05, 4.69) is 4.98 Å². The molecular weight excluding hydrogens is 228 g/mol. The summed E-state index contributed by atoms with van der Waals surface area (Å²) in [5.41, 5.74) is 1.17. The zero-order valence-corrected chi connectivity index (χ0v) is 10.9. The summed E-state index contributed by atoms with van der Waals surface area (Å²) in [6.45, 7) is 1.90. The lowest BCUT2D eigenvalue weighted by Crippen LogP contribution is -2.20. The van der Waals surface area contributed by atoms with Crippen molar-refractivity contribution in [3.05, 3.63) is 17.5 Å². The lowest BCUT2D eigenvalue weighted by Gasteiger charge is -2.24. The monoisotopic (exact) mass is 246 g/mol. The van der Waals surface area contributed by atoms with Crippen LogP contribution in [0, 0.1) is 18.3 Å². The Morgan fingerprint density at radius 2 is 2.06 bits per heavy atom. The fraction of sp³-hybridized carbons (Fsp3) is 0.571. The Hall–Kier alpha value is -1.76. The molecule has 1 saturated carbocycles. The van der Waals surface area contributed by atoms with Gasteiger partial charge in [-0.1, -0.05) is 6.42 Å². The maximum absolute atomic E-state index is 8.95. The van der Waals surface area contributed by atoms with Crippen molar-refractivity contribution in [1.82, 2.24) is 4.98 Å². The quantitative estimate of drug-likeness (QED) is 0.822. The van der Waals surface area contributed by atoms with Crippen molar-refractivity contribution in [3.63, 3.8) is 0 Å². The van der Waals surface area contributed by atoms with Crippen molar-refractivity contribution < 1.29 is 9.47 Å². The van der Waals surface area contributed by atoms with Gasteiger partial charge in [0.05, 0.1) is 19.4 Å². The predicted octanol–water partition coefficient (Wildman–Crippen LogP) is 2.98. The standard InChI is InChI=1S/C14H18N2O2/c1-10-13(18-11-6-4-3-5-7-11)9-16-12(8-15)14(10)17-2/h9,11H,3-7H2,1-2H3. The second kappa shape index (κ2) is 5.72. The summed E-state index contributed by atoms with van der Waals surface area (Å²) in [5.74, 6) is 1.25. The van der Waals surface area contributed by atoms with Crippen molar-refractivity contribution in [2.45, 2.75) is 45.1 Å². The topological polar surface area (TPSA) is 55.1 Å². The minimum absolute atomic E-state index is 0.275. The highest BCUT2D eigenvalue weighted by Gasteiger charge is 2.18. The summed E-state index contributed by atoms with van der Waals surface area (Å²) in [7, 11) is 1.55. The Labute approximate surface area is 108 Å². The molecule has 18 heavy (non-hydrogen) atoms.